The van der Waals surface area contributed by atoms with Gasteiger partial charge in [-0.2, -0.15) is 0 Å². The van der Waals surface area contributed by atoms with Crippen LogP contribution in [0.25, 0.3) is 10.9 Å². The van der Waals surface area contributed by atoms with Crippen molar-refractivity contribution < 1.29 is 4.79 Å². The third kappa shape index (κ3) is 3.03. The monoisotopic (exact) mass is 286 g/mol. The van der Waals surface area contributed by atoms with Crippen LogP contribution in [-0.2, 0) is 0 Å². The van der Waals surface area contributed by atoms with Gasteiger partial charge >= 0.3 is 0 Å². The number of H-pyrrole nitrogens is 1. The highest BCUT2D eigenvalue weighted by Gasteiger charge is 2.17. The summed E-state index contributed by atoms with van der Waals surface area (Å²) in [6, 6.07) is 7.50. The van der Waals surface area contributed by atoms with E-state index in [9.17, 15) is 4.79 Å². The maximum atomic E-state index is 12.4. The number of benzene rings is 1. The third-order valence-electron chi connectivity index (χ3n) is 4.17. The van der Waals surface area contributed by atoms with E-state index in [0.29, 0.717) is 11.4 Å². The molecule has 0 atom stereocenters. The number of hydrogen-bond acceptors (Lipinski definition) is 3. The molecule has 1 aliphatic heterocycles. The Labute approximate surface area is 124 Å². The van der Waals surface area contributed by atoms with Crippen LogP contribution >= 0.6 is 0 Å². The molecule has 0 radical (unpaired) electrons. The van der Waals surface area contributed by atoms with Crippen LogP contribution < -0.4 is 5.73 Å². The number of carbonyl (C=O) groups excluding carboxylic acids is 1. The van der Waals surface area contributed by atoms with Gasteiger partial charge in [0, 0.05) is 36.7 Å². The summed E-state index contributed by atoms with van der Waals surface area (Å²) in [6.45, 7) is 4.03. The van der Waals surface area contributed by atoms with E-state index < -0.39 is 0 Å². The van der Waals surface area contributed by atoms with Gasteiger partial charge < -0.3 is 20.5 Å². The number of fused-ring (bicyclic) bond motifs is 1. The Kier molecular flexibility index (Phi) is 3.84. The Morgan fingerprint density at radius 2 is 2.10 bits per heavy atom. The van der Waals surface area contributed by atoms with Crippen molar-refractivity contribution in [2.24, 2.45) is 0 Å². The molecule has 1 aliphatic rings. The Morgan fingerprint density at radius 3 is 2.86 bits per heavy atom. The zero-order valence-electron chi connectivity index (χ0n) is 12.4. The second-order valence-corrected chi connectivity index (χ2v) is 5.81. The molecular weight excluding hydrogens is 264 g/mol. The number of carbonyl (C=O) groups is 1. The molecule has 0 unspecified atom stereocenters. The lowest BCUT2D eigenvalue weighted by molar-refractivity contribution is 0.0777. The zero-order valence-corrected chi connectivity index (χ0v) is 12.4. The molecule has 0 saturated carbocycles. The fraction of sp³-hybridized carbons (Fsp3) is 0.438. The predicted octanol–water partition coefficient (Wildman–Crippen LogP) is 1.92. The highest BCUT2D eigenvalue weighted by molar-refractivity contribution is 5.98. The lowest BCUT2D eigenvalue weighted by atomic mass is 10.2. The number of aromatic nitrogens is 1. The molecule has 5 nitrogen and oxygen atoms in total. The largest absolute Gasteiger partial charge is 0.399 e. The Bertz CT molecular complexity index is 643. The summed E-state index contributed by atoms with van der Waals surface area (Å²) in [6.07, 6.45) is 2.56. The number of nitrogen functional groups attached to an aromatic ring is 1. The highest BCUT2D eigenvalue weighted by atomic mass is 16.2. The molecule has 0 spiro atoms. The first kappa shape index (κ1) is 13.9. The van der Waals surface area contributed by atoms with E-state index in [0.717, 1.165) is 37.1 Å². The number of rotatable bonds is 4. The van der Waals surface area contributed by atoms with Crippen molar-refractivity contribution >= 4 is 22.5 Å². The number of likely N-dealkylation sites (N-methyl/N-ethyl adjacent to an activating group) is 1. The summed E-state index contributed by atoms with van der Waals surface area (Å²) < 4.78 is 0. The SMILES string of the molecule is CN(CCN1CCCC1)C(=O)c1cc2cc(N)ccc2[nH]1. The van der Waals surface area contributed by atoms with Gasteiger partial charge in [-0.25, -0.2) is 0 Å². The number of nitrogens with two attached hydrogens (primary N) is 1. The molecule has 1 aromatic heterocycles. The molecule has 0 bridgehead atoms. The van der Waals surface area contributed by atoms with Crippen LogP contribution in [0, 0.1) is 0 Å². The maximum Gasteiger partial charge on any atom is 0.270 e. The van der Waals surface area contributed by atoms with Gasteiger partial charge in [-0.05, 0) is 50.2 Å². The standard InChI is InChI=1S/C16H22N4O/c1-19(8-9-20-6-2-3-7-20)16(21)15-11-12-10-13(17)4-5-14(12)18-15/h4-5,10-11,18H,2-3,6-9,17H2,1H3. The van der Waals surface area contributed by atoms with Crippen molar-refractivity contribution in [3.63, 3.8) is 0 Å². The fourth-order valence-electron chi connectivity index (χ4n) is 2.87. The highest BCUT2D eigenvalue weighted by Crippen LogP contribution is 2.19. The summed E-state index contributed by atoms with van der Waals surface area (Å²) in [5, 5.41) is 0.978. The third-order valence-corrected chi connectivity index (χ3v) is 4.17. The van der Waals surface area contributed by atoms with Gasteiger partial charge in [0.25, 0.3) is 5.91 Å². The molecule has 112 valence electrons. The molecule has 1 saturated heterocycles. The normalized spacial score (nSPS) is 15.7. The molecular formula is C16H22N4O. The average molecular weight is 286 g/mol. The van der Waals surface area contributed by atoms with Crippen LogP contribution in [0.4, 0.5) is 5.69 Å². The van der Waals surface area contributed by atoms with Gasteiger partial charge in [-0.15, -0.1) is 0 Å². The minimum absolute atomic E-state index is 0.0315. The Balaban J connectivity index is 1.67. The second-order valence-electron chi connectivity index (χ2n) is 5.81. The minimum Gasteiger partial charge on any atom is -0.399 e. The molecule has 3 rings (SSSR count). The van der Waals surface area contributed by atoms with E-state index in [1.54, 1.807) is 4.90 Å². The summed E-state index contributed by atoms with van der Waals surface area (Å²) in [7, 11) is 1.86. The first-order chi connectivity index (χ1) is 10.1. The molecule has 21 heavy (non-hydrogen) atoms. The van der Waals surface area contributed by atoms with E-state index in [2.05, 4.69) is 9.88 Å². The van der Waals surface area contributed by atoms with Gasteiger partial charge in [-0.1, -0.05) is 0 Å². The molecule has 2 heterocycles. The zero-order chi connectivity index (χ0) is 14.8. The van der Waals surface area contributed by atoms with Crippen molar-refractivity contribution in [1.29, 1.82) is 0 Å². The fourth-order valence-corrected chi connectivity index (χ4v) is 2.87. The molecule has 0 aliphatic carbocycles. The number of aromatic amines is 1. The summed E-state index contributed by atoms with van der Waals surface area (Å²) in [4.78, 5) is 19.8. The maximum absolute atomic E-state index is 12.4. The molecule has 1 aromatic carbocycles. The lowest BCUT2D eigenvalue weighted by Gasteiger charge is -2.21. The smallest absolute Gasteiger partial charge is 0.270 e. The predicted molar refractivity (Wildman–Crippen MR) is 85.3 cm³/mol. The number of nitrogens with one attached hydrogen (secondary N) is 1. The van der Waals surface area contributed by atoms with Crippen molar-refractivity contribution in [2.45, 2.75) is 12.8 Å². The lowest BCUT2D eigenvalue weighted by Crippen LogP contribution is -2.35. The van der Waals surface area contributed by atoms with Gasteiger partial charge in [-0.3, -0.25) is 4.79 Å². The average Bonchev–Trinajstić information content (AvgIpc) is 3.12. The van der Waals surface area contributed by atoms with E-state index in [1.165, 1.54) is 12.8 Å². The van der Waals surface area contributed by atoms with Crippen LogP contribution in [-0.4, -0.2) is 53.9 Å². The topological polar surface area (TPSA) is 65.4 Å². The summed E-state index contributed by atoms with van der Waals surface area (Å²) in [5.41, 5.74) is 8.05. The minimum atomic E-state index is 0.0315. The van der Waals surface area contributed by atoms with Crippen LogP contribution in [0.15, 0.2) is 24.3 Å². The molecule has 2 aromatic rings. The van der Waals surface area contributed by atoms with Crippen LogP contribution in [0.1, 0.15) is 23.3 Å². The number of amides is 1. The Morgan fingerprint density at radius 1 is 1.33 bits per heavy atom. The van der Waals surface area contributed by atoms with Crippen molar-refractivity contribution in [2.75, 3.05) is 39.0 Å². The van der Waals surface area contributed by atoms with E-state index in [-0.39, 0.29) is 5.91 Å². The van der Waals surface area contributed by atoms with Crippen molar-refractivity contribution in [3.8, 4) is 0 Å². The van der Waals surface area contributed by atoms with E-state index in [4.69, 9.17) is 5.73 Å². The van der Waals surface area contributed by atoms with Gasteiger partial charge in [0.2, 0.25) is 0 Å². The quantitative estimate of drug-likeness (QED) is 0.844. The van der Waals surface area contributed by atoms with E-state index >= 15 is 0 Å². The molecule has 1 fully saturated rings. The van der Waals surface area contributed by atoms with Crippen LogP contribution in [0.2, 0.25) is 0 Å². The first-order valence-corrected chi connectivity index (χ1v) is 7.49. The van der Waals surface area contributed by atoms with Crippen LogP contribution in [0.3, 0.4) is 0 Å². The number of likely N-dealkylation sites (tertiary alicyclic amines) is 1. The molecule has 5 heteroatoms. The van der Waals surface area contributed by atoms with Crippen LogP contribution in [0.5, 0.6) is 0 Å². The number of hydrogen-bond donors (Lipinski definition) is 2. The first-order valence-electron chi connectivity index (χ1n) is 7.49. The van der Waals surface area contributed by atoms with Gasteiger partial charge in [0.1, 0.15) is 5.69 Å². The number of nitrogens with zero attached hydrogens (tertiary/aromatic N) is 2. The molecule has 3 N–H and O–H groups in total. The van der Waals surface area contributed by atoms with Gasteiger partial charge in [0.15, 0.2) is 0 Å². The molecule has 1 amide bonds. The Hall–Kier alpha value is -2.01. The second kappa shape index (κ2) is 5.77. The summed E-state index contributed by atoms with van der Waals surface area (Å²) in [5.74, 6) is 0.0315. The van der Waals surface area contributed by atoms with Gasteiger partial charge in [0.05, 0.1) is 0 Å². The van der Waals surface area contributed by atoms with Crippen molar-refractivity contribution in [1.82, 2.24) is 14.8 Å². The van der Waals surface area contributed by atoms with E-state index in [1.807, 2.05) is 31.3 Å². The number of anilines is 1. The summed E-state index contributed by atoms with van der Waals surface area (Å²) >= 11 is 0. The van der Waals surface area contributed by atoms with Crippen molar-refractivity contribution in [3.05, 3.63) is 30.0 Å².